The van der Waals surface area contributed by atoms with Crippen molar-refractivity contribution in [3.05, 3.63) is 65.0 Å². The lowest BCUT2D eigenvalue weighted by Crippen LogP contribution is -2.48. The molecule has 0 spiro atoms. The zero-order valence-corrected chi connectivity index (χ0v) is 16.7. The van der Waals surface area contributed by atoms with Gasteiger partial charge in [-0.3, -0.25) is 14.5 Å². The molecule has 2 aromatic rings. The molecule has 0 radical (unpaired) electrons. The van der Waals surface area contributed by atoms with Gasteiger partial charge >= 0.3 is 0 Å². The summed E-state index contributed by atoms with van der Waals surface area (Å²) in [5, 5.41) is 0. The van der Waals surface area contributed by atoms with Gasteiger partial charge in [-0.2, -0.15) is 0 Å². The highest BCUT2D eigenvalue weighted by atomic mass is 19.1. The molecule has 0 atom stereocenters. The molecule has 152 valence electrons. The van der Waals surface area contributed by atoms with Crippen molar-refractivity contribution in [2.45, 2.75) is 26.3 Å². The van der Waals surface area contributed by atoms with Gasteiger partial charge in [-0.15, -0.1) is 0 Å². The van der Waals surface area contributed by atoms with Crippen LogP contribution in [-0.4, -0.2) is 54.3 Å². The molecular weight excluding hydrogens is 369 g/mol. The molecule has 29 heavy (non-hydrogen) atoms. The highest BCUT2D eigenvalue weighted by molar-refractivity contribution is 5.98. The second kappa shape index (κ2) is 8.33. The van der Waals surface area contributed by atoms with Crippen molar-refractivity contribution in [2.24, 2.45) is 0 Å². The molecule has 1 fully saturated rings. The third-order valence-electron chi connectivity index (χ3n) is 5.84. The Morgan fingerprint density at radius 2 is 1.76 bits per heavy atom. The van der Waals surface area contributed by atoms with E-state index in [0.717, 1.165) is 30.8 Å². The summed E-state index contributed by atoms with van der Waals surface area (Å²) < 4.78 is 13.9. The highest BCUT2D eigenvalue weighted by Crippen LogP contribution is 2.30. The van der Waals surface area contributed by atoms with E-state index in [4.69, 9.17) is 0 Å². The third kappa shape index (κ3) is 4.03. The van der Waals surface area contributed by atoms with Crippen LogP contribution in [0.25, 0.3) is 0 Å². The van der Waals surface area contributed by atoms with E-state index < -0.39 is 0 Å². The Kier molecular flexibility index (Phi) is 5.62. The van der Waals surface area contributed by atoms with Gasteiger partial charge in [0.15, 0.2) is 0 Å². The summed E-state index contributed by atoms with van der Waals surface area (Å²) in [6.07, 6.45) is 1.27. The van der Waals surface area contributed by atoms with Crippen LogP contribution in [0.5, 0.6) is 0 Å². The summed E-state index contributed by atoms with van der Waals surface area (Å²) in [4.78, 5) is 30.9. The van der Waals surface area contributed by atoms with E-state index >= 15 is 0 Å². The van der Waals surface area contributed by atoms with E-state index in [1.54, 1.807) is 6.07 Å². The Bertz CT molecular complexity index is 922. The first-order valence-corrected chi connectivity index (χ1v) is 10.2. The minimum Gasteiger partial charge on any atom is -0.336 e. The molecule has 2 aliphatic rings. The second-order valence-corrected chi connectivity index (χ2v) is 7.65. The summed E-state index contributed by atoms with van der Waals surface area (Å²) in [6.45, 7) is 5.83. The predicted octanol–water partition coefficient (Wildman–Crippen LogP) is 3.08. The standard InChI is InChI=1S/C23H26FN3O2/c1-2-22(28)27-10-9-17-15-18(7-8-21(17)27)23(29)26-13-11-25(12-14-26)16-19-5-3-4-6-20(19)24/h3-8,15H,2,9-14,16H2,1H3. The molecule has 0 aliphatic carbocycles. The van der Waals surface area contributed by atoms with Crippen molar-refractivity contribution in [1.29, 1.82) is 0 Å². The minimum absolute atomic E-state index is 0.0265. The number of piperazine rings is 1. The van der Waals surface area contributed by atoms with Gasteiger partial charge < -0.3 is 9.80 Å². The van der Waals surface area contributed by atoms with Crippen LogP contribution in [0.15, 0.2) is 42.5 Å². The Morgan fingerprint density at radius 1 is 1.00 bits per heavy atom. The summed E-state index contributed by atoms with van der Waals surface area (Å²) in [6, 6.07) is 12.5. The lowest BCUT2D eigenvalue weighted by Gasteiger charge is -2.35. The number of amides is 2. The molecule has 0 unspecified atom stereocenters. The van der Waals surface area contributed by atoms with Crippen LogP contribution in [0.2, 0.25) is 0 Å². The Labute approximate surface area is 170 Å². The maximum absolute atomic E-state index is 13.9. The van der Waals surface area contributed by atoms with Gasteiger partial charge in [0, 0.05) is 62.5 Å². The summed E-state index contributed by atoms with van der Waals surface area (Å²) in [7, 11) is 0. The first-order valence-electron chi connectivity index (χ1n) is 10.2. The van der Waals surface area contributed by atoms with Crippen LogP contribution in [0, 0.1) is 5.82 Å². The number of carbonyl (C=O) groups is 2. The van der Waals surface area contributed by atoms with Gasteiger partial charge in [0.05, 0.1) is 0 Å². The number of anilines is 1. The minimum atomic E-state index is -0.181. The van der Waals surface area contributed by atoms with Crippen molar-refractivity contribution in [3.8, 4) is 0 Å². The van der Waals surface area contributed by atoms with E-state index in [9.17, 15) is 14.0 Å². The molecular formula is C23H26FN3O2. The maximum Gasteiger partial charge on any atom is 0.253 e. The van der Waals surface area contributed by atoms with E-state index in [1.165, 1.54) is 6.07 Å². The number of halogens is 1. The van der Waals surface area contributed by atoms with Crippen molar-refractivity contribution in [2.75, 3.05) is 37.6 Å². The maximum atomic E-state index is 13.9. The fraction of sp³-hybridized carbons (Fsp3) is 0.391. The van der Waals surface area contributed by atoms with Gasteiger partial charge in [0.1, 0.15) is 5.82 Å². The SMILES string of the molecule is CCC(=O)N1CCc2cc(C(=O)N3CCN(Cc4ccccc4F)CC3)ccc21. The van der Waals surface area contributed by atoms with Crippen LogP contribution in [-0.2, 0) is 17.8 Å². The average Bonchev–Trinajstić information content (AvgIpc) is 3.18. The topological polar surface area (TPSA) is 43.9 Å². The van der Waals surface area contributed by atoms with Gasteiger partial charge in [-0.05, 0) is 36.2 Å². The molecule has 2 amide bonds. The summed E-state index contributed by atoms with van der Waals surface area (Å²) >= 11 is 0. The molecule has 2 aromatic carbocycles. The molecule has 6 heteroatoms. The van der Waals surface area contributed by atoms with Crippen molar-refractivity contribution < 1.29 is 14.0 Å². The molecule has 4 rings (SSSR count). The Balaban J connectivity index is 1.38. The van der Waals surface area contributed by atoms with Gasteiger partial charge in [0.25, 0.3) is 5.91 Å². The molecule has 0 saturated carbocycles. The quantitative estimate of drug-likeness (QED) is 0.799. The Hall–Kier alpha value is -2.73. The summed E-state index contributed by atoms with van der Waals surface area (Å²) in [5.41, 5.74) is 3.37. The molecule has 0 N–H and O–H groups in total. The fourth-order valence-corrected chi connectivity index (χ4v) is 4.14. The predicted molar refractivity (Wildman–Crippen MR) is 110 cm³/mol. The average molecular weight is 395 g/mol. The number of benzene rings is 2. The number of nitrogens with zero attached hydrogens (tertiary/aromatic N) is 3. The third-order valence-corrected chi connectivity index (χ3v) is 5.84. The van der Waals surface area contributed by atoms with Crippen LogP contribution < -0.4 is 4.90 Å². The smallest absolute Gasteiger partial charge is 0.253 e. The second-order valence-electron chi connectivity index (χ2n) is 7.65. The van der Waals surface area contributed by atoms with Crippen LogP contribution in [0.4, 0.5) is 10.1 Å². The molecule has 1 saturated heterocycles. The molecule has 2 heterocycles. The van der Waals surface area contributed by atoms with Gasteiger partial charge in [-0.25, -0.2) is 4.39 Å². The summed E-state index contributed by atoms with van der Waals surface area (Å²) in [5.74, 6) is -0.0350. The first kappa shape index (κ1) is 19.6. The van der Waals surface area contributed by atoms with Crippen LogP contribution >= 0.6 is 0 Å². The van der Waals surface area contributed by atoms with Gasteiger partial charge in [-0.1, -0.05) is 25.1 Å². The van der Waals surface area contributed by atoms with Crippen LogP contribution in [0.3, 0.4) is 0 Å². The highest BCUT2D eigenvalue weighted by Gasteiger charge is 2.27. The van der Waals surface area contributed by atoms with Crippen molar-refractivity contribution in [3.63, 3.8) is 0 Å². The lowest BCUT2D eigenvalue weighted by atomic mass is 10.1. The molecule has 0 bridgehead atoms. The van der Waals surface area contributed by atoms with Gasteiger partial charge in [0.2, 0.25) is 5.91 Å². The van der Waals surface area contributed by atoms with E-state index in [2.05, 4.69) is 4.90 Å². The molecule has 2 aliphatic heterocycles. The normalized spacial score (nSPS) is 16.8. The molecule has 5 nitrogen and oxygen atoms in total. The van der Waals surface area contributed by atoms with Crippen molar-refractivity contribution >= 4 is 17.5 Å². The van der Waals surface area contributed by atoms with E-state index in [0.29, 0.717) is 43.7 Å². The first-order chi connectivity index (χ1) is 14.1. The molecule has 0 aromatic heterocycles. The van der Waals surface area contributed by atoms with Crippen molar-refractivity contribution in [1.82, 2.24) is 9.80 Å². The Morgan fingerprint density at radius 3 is 2.48 bits per heavy atom. The van der Waals surface area contributed by atoms with Crippen LogP contribution in [0.1, 0.15) is 34.8 Å². The van der Waals surface area contributed by atoms with E-state index in [-0.39, 0.29) is 17.6 Å². The van der Waals surface area contributed by atoms with E-state index in [1.807, 2.05) is 47.1 Å². The fourth-order valence-electron chi connectivity index (χ4n) is 4.14. The number of rotatable bonds is 4. The lowest BCUT2D eigenvalue weighted by molar-refractivity contribution is -0.118. The zero-order valence-electron chi connectivity index (χ0n) is 16.7. The number of carbonyl (C=O) groups excluding carboxylic acids is 2. The largest absolute Gasteiger partial charge is 0.336 e. The monoisotopic (exact) mass is 395 g/mol. The number of fused-ring (bicyclic) bond motifs is 1. The zero-order chi connectivity index (χ0) is 20.4. The number of hydrogen-bond acceptors (Lipinski definition) is 3. The number of hydrogen-bond donors (Lipinski definition) is 0.